The lowest BCUT2D eigenvalue weighted by Crippen LogP contribution is -2.27. The monoisotopic (exact) mass is 289 g/mol. The van der Waals surface area contributed by atoms with Gasteiger partial charge < -0.3 is 10.2 Å². The molecule has 1 aromatic rings. The van der Waals surface area contributed by atoms with Crippen LogP contribution in [0.15, 0.2) is 12.4 Å². The van der Waals surface area contributed by atoms with Gasteiger partial charge in [-0.15, -0.1) is 0 Å². The number of nitrogens with two attached hydrogens (primary N) is 1. The van der Waals surface area contributed by atoms with E-state index in [1.165, 1.54) is 0 Å². The number of hydrogen-bond acceptors (Lipinski definition) is 5. The predicted molar refractivity (Wildman–Crippen MR) is 76.5 cm³/mol. The van der Waals surface area contributed by atoms with Crippen molar-refractivity contribution >= 4 is 15.7 Å². The fourth-order valence-corrected chi connectivity index (χ4v) is 2.09. The molecule has 0 aliphatic carbocycles. The molecule has 7 nitrogen and oxygen atoms in total. The highest BCUT2D eigenvalue weighted by Crippen LogP contribution is 2.04. The van der Waals surface area contributed by atoms with Crippen molar-refractivity contribution in [1.82, 2.24) is 14.7 Å². The zero-order chi connectivity index (χ0) is 14.3. The lowest BCUT2D eigenvalue weighted by molar-refractivity contribution is 0.285. The maximum absolute atomic E-state index is 10.8. The van der Waals surface area contributed by atoms with E-state index in [0.717, 1.165) is 31.9 Å². The highest BCUT2D eigenvalue weighted by Gasteiger charge is 2.04. The summed E-state index contributed by atoms with van der Waals surface area (Å²) in [6, 6.07) is 0. The molecule has 0 spiro atoms. The lowest BCUT2D eigenvalue weighted by atomic mass is 10.4. The molecule has 0 bridgehead atoms. The molecule has 3 N–H and O–H groups in total. The van der Waals surface area contributed by atoms with Crippen LogP contribution in [0.4, 0.5) is 5.69 Å². The van der Waals surface area contributed by atoms with Crippen molar-refractivity contribution in [1.29, 1.82) is 0 Å². The number of nitrogens with one attached hydrogen (secondary N) is 1. The van der Waals surface area contributed by atoms with E-state index in [2.05, 4.69) is 29.2 Å². The SMILES string of the molecule is CCN(CC)CCn1cc(NCCS(N)(=O)=O)cn1. The van der Waals surface area contributed by atoms with Crippen LogP contribution in [0, 0.1) is 0 Å². The van der Waals surface area contributed by atoms with Crippen molar-refractivity contribution < 1.29 is 8.42 Å². The number of rotatable bonds is 9. The van der Waals surface area contributed by atoms with Crippen molar-refractivity contribution in [3.8, 4) is 0 Å². The fourth-order valence-electron chi connectivity index (χ4n) is 1.70. The molecule has 0 unspecified atom stereocenters. The summed E-state index contributed by atoms with van der Waals surface area (Å²) in [5, 5.41) is 12.1. The highest BCUT2D eigenvalue weighted by atomic mass is 32.2. The second kappa shape index (κ2) is 7.46. The van der Waals surface area contributed by atoms with Crippen molar-refractivity contribution in [3.63, 3.8) is 0 Å². The summed E-state index contributed by atoms with van der Waals surface area (Å²) >= 11 is 0. The van der Waals surface area contributed by atoms with Gasteiger partial charge in [-0.05, 0) is 13.1 Å². The van der Waals surface area contributed by atoms with Crippen molar-refractivity contribution in [3.05, 3.63) is 12.4 Å². The molecule has 1 rings (SSSR count). The largest absolute Gasteiger partial charge is 0.381 e. The van der Waals surface area contributed by atoms with Crippen LogP contribution < -0.4 is 10.5 Å². The summed E-state index contributed by atoms with van der Waals surface area (Å²) in [4.78, 5) is 2.32. The van der Waals surface area contributed by atoms with Gasteiger partial charge in [0.15, 0.2) is 0 Å². The Morgan fingerprint density at radius 3 is 2.68 bits per heavy atom. The maximum Gasteiger partial charge on any atom is 0.210 e. The van der Waals surface area contributed by atoms with Crippen LogP contribution in [0.5, 0.6) is 0 Å². The van der Waals surface area contributed by atoms with Crippen LogP contribution in [0.2, 0.25) is 0 Å². The molecule has 8 heteroatoms. The minimum absolute atomic E-state index is 0.0857. The van der Waals surface area contributed by atoms with E-state index in [1.54, 1.807) is 6.20 Å². The topological polar surface area (TPSA) is 93.2 Å². The van der Waals surface area contributed by atoms with E-state index in [4.69, 9.17) is 5.14 Å². The number of nitrogens with zero attached hydrogens (tertiary/aromatic N) is 3. The first-order valence-corrected chi connectivity index (χ1v) is 8.15. The van der Waals surface area contributed by atoms with Gasteiger partial charge in [0.05, 0.1) is 24.2 Å². The number of likely N-dealkylation sites (N-methyl/N-ethyl adjacent to an activating group) is 1. The first-order chi connectivity index (χ1) is 8.94. The zero-order valence-corrected chi connectivity index (χ0v) is 12.4. The predicted octanol–water partition coefficient (Wildman–Crippen LogP) is -0.0747. The molecule has 0 aliphatic rings. The van der Waals surface area contributed by atoms with Crippen LogP contribution in [-0.4, -0.2) is 55.0 Å². The van der Waals surface area contributed by atoms with Crippen molar-refractivity contribution in [2.24, 2.45) is 5.14 Å². The third-order valence-corrected chi connectivity index (χ3v) is 3.66. The van der Waals surface area contributed by atoms with E-state index in [0.29, 0.717) is 6.54 Å². The summed E-state index contributed by atoms with van der Waals surface area (Å²) in [7, 11) is -3.41. The number of aromatic nitrogens is 2. The van der Waals surface area contributed by atoms with Gasteiger partial charge in [-0.3, -0.25) is 4.68 Å². The molecule has 1 heterocycles. The van der Waals surface area contributed by atoms with Gasteiger partial charge in [0, 0.05) is 19.3 Å². The molecule has 110 valence electrons. The number of hydrogen-bond donors (Lipinski definition) is 2. The Kier molecular flexibility index (Phi) is 6.26. The molecule has 0 fully saturated rings. The van der Waals surface area contributed by atoms with E-state index in [1.807, 2.05) is 10.9 Å². The quantitative estimate of drug-likeness (QED) is 0.663. The fraction of sp³-hybridized carbons (Fsp3) is 0.727. The summed E-state index contributed by atoms with van der Waals surface area (Å²) in [5.41, 5.74) is 0.809. The Bertz CT molecular complexity index is 467. The second-order valence-electron chi connectivity index (χ2n) is 4.31. The standard InChI is InChI=1S/C11H23N5O2S/c1-3-15(4-2)6-7-16-10-11(9-14-16)13-5-8-19(12,17)18/h9-10,13H,3-8H2,1-2H3,(H2,12,17,18). The lowest BCUT2D eigenvalue weighted by Gasteiger charge is -2.17. The van der Waals surface area contributed by atoms with E-state index >= 15 is 0 Å². The summed E-state index contributed by atoms with van der Waals surface area (Å²) in [6.45, 7) is 8.37. The summed E-state index contributed by atoms with van der Waals surface area (Å²) in [6.07, 6.45) is 3.55. The average molecular weight is 289 g/mol. The van der Waals surface area contributed by atoms with Crippen LogP contribution in [-0.2, 0) is 16.6 Å². The van der Waals surface area contributed by atoms with E-state index in [-0.39, 0.29) is 5.75 Å². The third-order valence-electron chi connectivity index (χ3n) is 2.89. The maximum atomic E-state index is 10.8. The van der Waals surface area contributed by atoms with Crippen LogP contribution in [0.3, 0.4) is 0 Å². The molecule has 0 aromatic carbocycles. The molecule has 0 amide bonds. The molecule has 0 saturated heterocycles. The first kappa shape index (κ1) is 15.9. The van der Waals surface area contributed by atoms with Crippen molar-refractivity contribution in [2.75, 3.05) is 37.2 Å². The Balaban J connectivity index is 2.36. The van der Waals surface area contributed by atoms with Crippen LogP contribution in [0.1, 0.15) is 13.8 Å². The van der Waals surface area contributed by atoms with Gasteiger partial charge in [0.1, 0.15) is 0 Å². The van der Waals surface area contributed by atoms with E-state index < -0.39 is 10.0 Å². The van der Waals surface area contributed by atoms with Gasteiger partial charge in [0.2, 0.25) is 10.0 Å². The molecule has 0 atom stereocenters. The highest BCUT2D eigenvalue weighted by molar-refractivity contribution is 7.89. The number of sulfonamides is 1. The van der Waals surface area contributed by atoms with Crippen molar-refractivity contribution in [2.45, 2.75) is 20.4 Å². The molecule has 19 heavy (non-hydrogen) atoms. The average Bonchev–Trinajstić information content (AvgIpc) is 2.77. The number of primary sulfonamides is 1. The van der Waals surface area contributed by atoms with Crippen LogP contribution >= 0.6 is 0 Å². The van der Waals surface area contributed by atoms with Gasteiger partial charge in [0.25, 0.3) is 0 Å². The Labute approximate surface area is 114 Å². The third kappa shape index (κ3) is 6.55. The van der Waals surface area contributed by atoms with Gasteiger partial charge in [-0.1, -0.05) is 13.8 Å². The minimum atomic E-state index is -3.41. The Morgan fingerprint density at radius 2 is 2.11 bits per heavy atom. The summed E-state index contributed by atoms with van der Waals surface area (Å²) < 4.78 is 23.4. The zero-order valence-electron chi connectivity index (χ0n) is 11.5. The number of anilines is 1. The molecular formula is C11H23N5O2S. The minimum Gasteiger partial charge on any atom is -0.381 e. The normalized spacial score (nSPS) is 12.0. The summed E-state index contributed by atoms with van der Waals surface area (Å²) in [5.74, 6) is -0.0857. The molecule has 0 radical (unpaired) electrons. The second-order valence-corrected chi connectivity index (χ2v) is 6.05. The van der Waals surface area contributed by atoms with Gasteiger partial charge >= 0.3 is 0 Å². The smallest absolute Gasteiger partial charge is 0.210 e. The molecule has 1 aromatic heterocycles. The molecule has 0 saturated carbocycles. The van der Waals surface area contributed by atoms with Gasteiger partial charge in [-0.2, -0.15) is 5.10 Å². The molecule has 0 aliphatic heterocycles. The Hall–Kier alpha value is -1.12. The van der Waals surface area contributed by atoms with Crippen LogP contribution in [0.25, 0.3) is 0 Å². The first-order valence-electron chi connectivity index (χ1n) is 6.43. The Morgan fingerprint density at radius 1 is 1.42 bits per heavy atom. The molecular weight excluding hydrogens is 266 g/mol. The van der Waals surface area contributed by atoms with E-state index in [9.17, 15) is 8.42 Å². The van der Waals surface area contributed by atoms with Gasteiger partial charge in [-0.25, -0.2) is 13.6 Å².